The summed E-state index contributed by atoms with van der Waals surface area (Å²) >= 11 is 0. The Morgan fingerprint density at radius 2 is 1.79 bits per heavy atom. The van der Waals surface area contributed by atoms with Crippen LogP contribution in [0.25, 0.3) is 11.3 Å². The molecular formula is C17H22N2. The van der Waals surface area contributed by atoms with Crippen molar-refractivity contribution in [1.29, 1.82) is 0 Å². The normalized spacial score (nSPS) is 11.6. The highest BCUT2D eigenvalue weighted by molar-refractivity contribution is 5.63. The van der Waals surface area contributed by atoms with Gasteiger partial charge in [-0.05, 0) is 18.1 Å². The third kappa shape index (κ3) is 3.19. The topological polar surface area (TPSA) is 25.8 Å². The van der Waals surface area contributed by atoms with E-state index in [1.54, 1.807) is 6.33 Å². The van der Waals surface area contributed by atoms with Gasteiger partial charge in [0.05, 0.1) is 5.69 Å². The van der Waals surface area contributed by atoms with Crippen LogP contribution in [0.15, 0.2) is 36.7 Å². The Morgan fingerprint density at radius 3 is 2.47 bits per heavy atom. The van der Waals surface area contributed by atoms with Crippen LogP contribution in [0.4, 0.5) is 0 Å². The summed E-state index contributed by atoms with van der Waals surface area (Å²) in [5, 5.41) is 0. The molecule has 0 spiro atoms. The van der Waals surface area contributed by atoms with Crippen LogP contribution in [0.2, 0.25) is 0 Å². The number of hydrogen-bond donors (Lipinski definition) is 0. The van der Waals surface area contributed by atoms with Crippen molar-refractivity contribution in [2.45, 2.75) is 46.0 Å². The monoisotopic (exact) mass is 254 g/mol. The highest BCUT2D eigenvalue weighted by atomic mass is 14.8. The fourth-order valence-electron chi connectivity index (χ4n) is 2.17. The van der Waals surface area contributed by atoms with Gasteiger partial charge in [0, 0.05) is 16.7 Å². The van der Waals surface area contributed by atoms with Crippen molar-refractivity contribution in [3.63, 3.8) is 0 Å². The van der Waals surface area contributed by atoms with Crippen molar-refractivity contribution in [3.8, 4) is 11.3 Å². The lowest BCUT2D eigenvalue weighted by molar-refractivity contribution is 0.567. The molecule has 1 aromatic heterocycles. The second-order valence-electron chi connectivity index (χ2n) is 5.95. The number of rotatable bonds is 3. The van der Waals surface area contributed by atoms with Gasteiger partial charge in [-0.1, -0.05) is 58.4 Å². The molecule has 1 heterocycles. The van der Waals surface area contributed by atoms with Crippen molar-refractivity contribution in [2.24, 2.45) is 0 Å². The summed E-state index contributed by atoms with van der Waals surface area (Å²) in [6.07, 6.45) is 3.91. The molecule has 0 atom stereocenters. The quantitative estimate of drug-likeness (QED) is 0.811. The van der Waals surface area contributed by atoms with Crippen LogP contribution in [0.1, 0.15) is 45.4 Å². The lowest BCUT2D eigenvalue weighted by Gasteiger charge is -2.18. The van der Waals surface area contributed by atoms with Crippen molar-refractivity contribution in [3.05, 3.63) is 47.9 Å². The average molecular weight is 254 g/mol. The maximum atomic E-state index is 4.45. The second kappa shape index (κ2) is 5.52. The van der Waals surface area contributed by atoms with Crippen LogP contribution in [-0.2, 0) is 11.8 Å². The number of benzene rings is 1. The Kier molecular flexibility index (Phi) is 3.98. The van der Waals surface area contributed by atoms with E-state index < -0.39 is 0 Å². The van der Waals surface area contributed by atoms with Crippen molar-refractivity contribution < 1.29 is 0 Å². The Balaban J connectivity index is 2.48. The molecule has 1 aromatic carbocycles. The minimum Gasteiger partial charge on any atom is -0.241 e. The molecule has 100 valence electrons. The molecule has 0 aliphatic carbocycles. The molecule has 0 aliphatic heterocycles. The molecule has 0 radical (unpaired) electrons. The first-order chi connectivity index (χ1) is 9.02. The maximum absolute atomic E-state index is 4.45. The summed E-state index contributed by atoms with van der Waals surface area (Å²) in [6, 6.07) is 10.6. The number of aryl methyl sites for hydroxylation is 1. The standard InChI is InChI=1S/C17H22N2/c1-5-8-13-9-6-7-10-14(13)15-11-16(17(2,3)4)19-12-18-15/h6-7,9-12H,5,8H2,1-4H3. The number of hydrogen-bond acceptors (Lipinski definition) is 2. The van der Waals surface area contributed by atoms with E-state index in [1.165, 1.54) is 11.1 Å². The van der Waals surface area contributed by atoms with E-state index >= 15 is 0 Å². The first-order valence-corrected chi connectivity index (χ1v) is 6.93. The third-order valence-corrected chi connectivity index (χ3v) is 3.25. The van der Waals surface area contributed by atoms with Gasteiger partial charge in [0.15, 0.2) is 0 Å². The van der Waals surface area contributed by atoms with E-state index in [-0.39, 0.29) is 5.41 Å². The molecule has 2 nitrogen and oxygen atoms in total. The molecule has 0 N–H and O–H groups in total. The molecule has 2 heteroatoms. The Bertz CT molecular complexity index is 553. The van der Waals surface area contributed by atoms with E-state index in [0.29, 0.717) is 0 Å². The molecule has 19 heavy (non-hydrogen) atoms. The van der Waals surface area contributed by atoms with E-state index in [0.717, 1.165) is 24.2 Å². The summed E-state index contributed by atoms with van der Waals surface area (Å²) in [6.45, 7) is 8.74. The lowest BCUT2D eigenvalue weighted by Crippen LogP contribution is -2.13. The zero-order chi connectivity index (χ0) is 13.9. The summed E-state index contributed by atoms with van der Waals surface area (Å²) in [5.41, 5.74) is 4.77. The van der Waals surface area contributed by atoms with Crippen LogP contribution in [-0.4, -0.2) is 9.97 Å². The molecule has 2 aromatic rings. The van der Waals surface area contributed by atoms with E-state index in [1.807, 2.05) is 0 Å². The van der Waals surface area contributed by atoms with Crippen LogP contribution in [0.5, 0.6) is 0 Å². The largest absolute Gasteiger partial charge is 0.241 e. The Morgan fingerprint density at radius 1 is 1.05 bits per heavy atom. The van der Waals surface area contributed by atoms with Gasteiger partial charge in [0.2, 0.25) is 0 Å². The van der Waals surface area contributed by atoms with E-state index in [2.05, 4.69) is 68.0 Å². The molecule has 0 saturated carbocycles. The highest BCUT2D eigenvalue weighted by Crippen LogP contribution is 2.26. The van der Waals surface area contributed by atoms with Gasteiger partial charge < -0.3 is 0 Å². The van der Waals surface area contributed by atoms with Gasteiger partial charge in [-0.2, -0.15) is 0 Å². The minimum absolute atomic E-state index is 0.0530. The van der Waals surface area contributed by atoms with Crippen molar-refractivity contribution in [2.75, 3.05) is 0 Å². The van der Waals surface area contributed by atoms with E-state index in [9.17, 15) is 0 Å². The number of aromatic nitrogens is 2. The van der Waals surface area contributed by atoms with Crippen molar-refractivity contribution >= 4 is 0 Å². The van der Waals surface area contributed by atoms with Crippen LogP contribution >= 0.6 is 0 Å². The first-order valence-electron chi connectivity index (χ1n) is 6.93. The van der Waals surface area contributed by atoms with Crippen LogP contribution in [0, 0.1) is 0 Å². The Labute approximate surface area is 115 Å². The van der Waals surface area contributed by atoms with Crippen molar-refractivity contribution in [1.82, 2.24) is 9.97 Å². The van der Waals surface area contributed by atoms with Crippen LogP contribution in [0.3, 0.4) is 0 Å². The molecule has 0 aliphatic rings. The lowest BCUT2D eigenvalue weighted by atomic mass is 9.90. The summed E-state index contributed by atoms with van der Waals surface area (Å²) in [4.78, 5) is 8.86. The third-order valence-electron chi connectivity index (χ3n) is 3.25. The van der Waals surface area contributed by atoms with Gasteiger partial charge in [0.25, 0.3) is 0 Å². The van der Waals surface area contributed by atoms with Gasteiger partial charge in [-0.15, -0.1) is 0 Å². The predicted octanol–water partition coefficient (Wildman–Crippen LogP) is 4.39. The molecule has 0 fully saturated rings. The molecule has 0 amide bonds. The van der Waals surface area contributed by atoms with Gasteiger partial charge in [-0.3, -0.25) is 0 Å². The zero-order valence-electron chi connectivity index (χ0n) is 12.3. The zero-order valence-corrected chi connectivity index (χ0v) is 12.3. The summed E-state index contributed by atoms with van der Waals surface area (Å²) in [7, 11) is 0. The average Bonchev–Trinajstić information content (AvgIpc) is 2.39. The highest BCUT2D eigenvalue weighted by Gasteiger charge is 2.17. The number of nitrogens with zero attached hydrogens (tertiary/aromatic N) is 2. The van der Waals surface area contributed by atoms with Gasteiger partial charge >= 0.3 is 0 Å². The summed E-state index contributed by atoms with van der Waals surface area (Å²) < 4.78 is 0. The molecule has 0 bridgehead atoms. The second-order valence-corrected chi connectivity index (χ2v) is 5.95. The summed E-state index contributed by atoms with van der Waals surface area (Å²) in [5.74, 6) is 0. The molecule has 0 saturated heterocycles. The molecule has 0 unspecified atom stereocenters. The van der Waals surface area contributed by atoms with Gasteiger partial charge in [-0.25, -0.2) is 9.97 Å². The SMILES string of the molecule is CCCc1ccccc1-c1cc(C(C)(C)C)ncn1. The Hall–Kier alpha value is -1.70. The fourth-order valence-corrected chi connectivity index (χ4v) is 2.17. The molecule has 2 rings (SSSR count). The van der Waals surface area contributed by atoms with Crippen LogP contribution < -0.4 is 0 Å². The predicted molar refractivity (Wildman–Crippen MR) is 80.2 cm³/mol. The first kappa shape index (κ1) is 13.7. The maximum Gasteiger partial charge on any atom is 0.116 e. The smallest absolute Gasteiger partial charge is 0.116 e. The fraction of sp³-hybridized carbons (Fsp3) is 0.412. The molecular weight excluding hydrogens is 232 g/mol. The van der Waals surface area contributed by atoms with Gasteiger partial charge in [0.1, 0.15) is 6.33 Å². The minimum atomic E-state index is 0.0530. The van der Waals surface area contributed by atoms with E-state index in [4.69, 9.17) is 0 Å².